The minimum atomic E-state index is -4.04. The van der Waals surface area contributed by atoms with Gasteiger partial charge in [0.25, 0.3) is 10.0 Å². The van der Waals surface area contributed by atoms with E-state index in [0.717, 1.165) is 6.07 Å². The highest BCUT2D eigenvalue weighted by Gasteiger charge is 2.20. The second kappa shape index (κ2) is 5.57. The molecule has 0 unspecified atom stereocenters. The molecule has 0 aliphatic heterocycles. The first-order chi connectivity index (χ1) is 10.6. The molecule has 1 heterocycles. The van der Waals surface area contributed by atoms with Crippen molar-refractivity contribution in [2.75, 3.05) is 4.72 Å². The molecule has 0 saturated carbocycles. The molecule has 0 atom stereocenters. The van der Waals surface area contributed by atoms with E-state index in [9.17, 15) is 12.8 Å². The van der Waals surface area contributed by atoms with E-state index in [2.05, 4.69) is 14.8 Å². The molecule has 0 saturated heterocycles. The summed E-state index contributed by atoms with van der Waals surface area (Å²) in [6.45, 7) is 0. The van der Waals surface area contributed by atoms with Crippen LogP contribution < -0.4 is 4.72 Å². The van der Waals surface area contributed by atoms with Crippen molar-refractivity contribution in [2.24, 2.45) is 0 Å². The lowest BCUT2D eigenvalue weighted by Gasteiger charge is -2.12. The minimum absolute atomic E-state index is 0.274. The Morgan fingerprint density at radius 3 is 2.50 bits per heavy atom. The number of halogens is 1. The number of nitrogens with zero attached hydrogens (tertiary/aromatic N) is 3. The number of nitrogens with one attached hydrogen (secondary N) is 1. The number of aromatic nitrogens is 3. The van der Waals surface area contributed by atoms with Gasteiger partial charge in [0, 0.05) is 0 Å². The molecule has 0 bridgehead atoms. The minimum Gasteiger partial charge on any atom is -0.277 e. The van der Waals surface area contributed by atoms with Crippen molar-refractivity contribution in [2.45, 2.75) is 4.90 Å². The van der Waals surface area contributed by atoms with Crippen LogP contribution in [0.2, 0.25) is 0 Å². The summed E-state index contributed by atoms with van der Waals surface area (Å²) in [7, 11) is -4.04. The molecule has 1 N–H and O–H groups in total. The fraction of sp³-hybridized carbons (Fsp3) is 0. The van der Waals surface area contributed by atoms with Crippen molar-refractivity contribution in [1.82, 2.24) is 14.8 Å². The highest BCUT2D eigenvalue weighted by molar-refractivity contribution is 7.92. The molecular formula is C14H11FN4O2S. The fourth-order valence-corrected chi connectivity index (χ4v) is 3.11. The molecule has 1 aromatic heterocycles. The third-order valence-electron chi connectivity index (χ3n) is 2.94. The predicted octanol–water partition coefficient (Wildman–Crippen LogP) is 2.21. The fourth-order valence-electron chi connectivity index (χ4n) is 1.95. The van der Waals surface area contributed by atoms with Crippen LogP contribution in [-0.4, -0.2) is 23.2 Å². The molecule has 0 amide bonds. The van der Waals surface area contributed by atoms with Gasteiger partial charge in [0.05, 0.1) is 11.4 Å². The van der Waals surface area contributed by atoms with E-state index < -0.39 is 20.7 Å². The number of sulfonamides is 1. The SMILES string of the molecule is O=S(=O)(Nc1ccccc1-n1cncn1)c1ccccc1F. The van der Waals surface area contributed by atoms with Crippen LogP contribution in [0.3, 0.4) is 0 Å². The van der Waals surface area contributed by atoms with Gasteiger partial charge in [0.1, 0.15) is 23.4 Å². The van der Waals surface area contributed by atoms with Crippen molar-refractivity contribution < 1.29 is 12.8 Å². The molecule has 0 spiro atoms. The first-order valence-corrected chi connectivity index (χ1v) is 7.77. The first kappa shape index (κ1) is 14.2. The predicted molar refractivity (Wildman–Crippen MR) is 78.6 cm³/mol. The largest absolute Gasteiger partial charge is 0.277 e. The van der Waals surface area contributed by atoms with Gasteiger partial charge >= 0.3 is 0 Å². The molecule has 0 radical (unpaired) electrons. The van der Waals surface area contributed by atoms with E-state index in [1.165, 1.54) is 35.5 Å². The maximum atomic E-state index is 13.7. The van der Waals surface area contributed by atoms with Crippen LogP contribution in [0.15, 0.2) is 66.1 Å². The smallest absolute Gasteiger partial charge is 0.264 e. The quantitative estimate of drug-likeness (QED) is 0.800. The van der Waals surface area contributed by atoms with Crippen LogP contribution in [0.25, 0.3) is 5.69 Å². The average Bonchev–Trinajstić information content (AvgIpc) is 3.02. The summed E-state index contributed by atoms with van der Waals surface area (Å²) in [6.07, 6.45) is 2.78. The van der Waals surface area contributed by atoms with Gasteiger partial charge in [-0.15, -0.1) is 0 Å². The molecule has 22 heavy (non-hydrogen) atoms. The van der Waals surface area contributed by atoms with Crippen molar-refractivity contribution in [3.05, 3.63) is 67.0 Å². The van der Waals surface area contributed by atoms with Gasteiger partial charge in [0.2, 0.25) is 0 Å². The van der Waals surface area contributed by atoms with Crippen LogP contribution in [0.5, 0.6) is 0 Å². The van der Waals surface area contributed by atoms with E-state index in [4.69, 9.17) is 0 Å². The van der Waals surface area contributed by atoms with Crippen LogP contribution >= 0.6 is 0 Å². The molecule has 0 aliphatic rings. The Morgan fingerprint density at radius 1 is 1.05 bits per heavy atom. The highest BCUT2D eigenvalue weighted by Crippen LogP contribution is 2.23. The van der Waals surface area contributed by atoms with Crippen LogP contribution in [0.1, 0.15) is 0 Å². The number of para-hydroxylation sites is 2. The topological polar surface area (TPSA) is 76.9 Å². The van der Waals surface area contributed by atoms with Crippen molar-refractivity contribution >= 4 is 15.7 Å². The standard InChI is InChI=1S/C14H11FN4O2S/c15-11-5-1-4-8-14(11)22(20,21)18-12-6-2-3-7-13(12)19-10-16-9-17-19/h1-10,18H. The molecule has 3 aromatic rings. The summed E-state index contributed by atoms with van der Waals surface area (Å²) in [6, 6.07) is 11.8. The van der Waals surface area contributed by atoms with Gasteiger partial charge in [-0.2, -0.15) is 5.10 Å². The highest BCUT2D eigenvalue weighted by atomic mass is 32.2. The Morgan fingerprint density at radius 2 is 1.77 bits per heavy atom. The van der Waals surface area contributed by atoms with Crippen molar-refractivity contribution in [1.29, 1.82) is 0 Å². The lowest BCUT2D eigenvalue weighted by molar-refractivity contribution is 0.570. The van der Waals surface area contributed by atoms with Gasteiger partial charge in [0.15, 0.2) is 0 Å². The van der Waals surface area contributed by atoms with E-state index in [-0.39, 0.29) is 5.69 Å². The summed E-state index contributed by atoms with van der Waals surface area (Å²) in [5.74, 6) is -0.812. The zero-order valence-electron chi connectivity index (χ0n) is 11.2. The van der Waals surface area contributed by atoms with Gasteiger partial charge in [-0.3, -0.25) is 4.72 Å². The molecule has 6 nitrogen and oxygen atoms in total. The van der Waals surface area contributed by atoms with Crippen LogP contribution in [0, 0.1) is 5.82 Å². The molecule has 112 valence electrons. The average molecular weight is 318 g/mol. The zero-order chi connectivity index (χ0) is 15.6. The molecule has 8 heteroatoms. The number of benzene rings is 2. The Hall–Kier alpha value is -2.74. The molecular weight excluding hydrogens is 307 g/mol. The van der Waals surface area contributed by atoms with Gasteiger partial charge in [-0.1, -0.05) is 24.3 Å². The normalized spacial score (nSPS) is 11.3. The monoisotopic (exact) mass is 318 g/mol. The van der Waals surface area contributed by atoms with Gasteiger partial charge < -0.3 is 0 Å². The summed E-state index contributed by atoms with van der Waals surface area (Å²) < 4.78 is 42.2. The van der Waals surface area contributed by atoms with Crippen LogP contribution in [0.4, 0.5) is 10.1 Å². The molecule has 3 rings (SSSR count). The van der Waals surface area contributed by atoms with Crippen molar-refractivity contribution in [3.8, 4) is 5.69 Å². The lowest BCUT2D eigenvalue weighted by Crippen LogP contribution is -2.16. The number of anilines is 1. The summed E-state index contributed by atoms with van der Waals surface area (Å²) in [5.41, 5.74) is 0.760. The Labute approximate surface area is 126 Å². The maximum Gasteiger partial charge on any atom is 0.264 e. The third kappa shape index (κ3) is 2.68. The number of rotatable bonds is 4. The maximum absolute atomic E-state index is 13.7. The lowest BCUT2D eigenvalue weighted by atomic mass is 10.3. The van der Waals surface area contributed by atoms with E-state index in [1.54, 1.807) is 24.3 Å². The summed E-state index contributed by atoms with van der Waals surface area (Å²) >= 11 is 0. The summed E-state index contributed by atoms with van der Waals surface area (Å²) in [5, 5.41) is 3.96. The second-order valence-corrected chi connectivity index (χ2v) is 6.04. The molecule has 2 aromatic carbocycles. The van der Waals surface area contributed by atoms with E-state index in [0.29, 0.717) is 5.69 Å². The number of hydrogen-bond donors (Lipinski definition) is 1. The Kier molecular flexibility index (Phi) is 3.60. The Balaban J connectivity index is 2.03. The molecule has 0 fully saturated rings. The summed E-state index contributed by atoms with van der Waals surface area (Å²) in [4.78, 5) is 3.41. The second-order valence-electron chi connectivity index (χ2n) is 4.39. The van der Waals surface area contributed by atoms with Crippen LogP contribution in [-0.2, 0) is 10.0 Å². The first-order valence-electron chi connectivity index (χ1n) is 6.29. The van der Waals surface area contributed by atoms with E-state index >= 15 is 0 Å². The van der Waals surface area contributed by atoms with Crippen molar-refractivity contribution in [3.63, 3.8) is 0 Å². The zero-order valence-corrected chi connectivity index (χ0v) is 12.0. The molecule has 0 aliphatic carbocycles. The van der Waals surface area contributed by atoms with E-state index in [1.807, 2.05) is 0 Å². The van der Waals surface area contributed by atoms with Gasteiger partial charge in [-0.25, -0.2) is 22.5 Å². The number of hydrogen-bond acceptors (Lipinski definition) is 4. The Bertz CT molecular complexity index is 895. The van der Waals surface area contributed by atoms with Gasteiger partial charge in [-0.05, 0) is 24.3 Å². The third-order valence-corrected chi connectivity index (χ3v) is 4.34.